The smallest absolute Gasteiger partial charge is 0.226 e. The molecule has 1 aliphatic rings. The van der Waals surface area contributed by atoms with E-state index in [0.717, 1.165) is 12.2 Å². The summed E-state index contributed by atoms with van der Waals surface area (Å²) in [5.74, 6) is -1.53. The van der Waals surface area contributed by atoms with E-state index in [1.807, 2.05) is 0 Å². The molecule has 15 heavy (non-hydrogen) atoms. The van der Waals surface area contributed by atoms with Crippen LogP contribution in [0.1, 0.15) is 6.92 Å². The molecule has 0 radical (unpaired) electrons. The molecular weight excluding hydrogens is 198 g/mol. The number of ketones is 2. The molecule has 2 N–H and O–H groups in total. The van der Waals surface area contributed by atoms with Gasteiger partial charge in [0.15, 0.2) is 0 Å². The number of rotatable bonds is 3. The van der Waals surface area contributed by atoms with Gasteiger partial charge in [-0.1, -0.05) is 6.08 Å². The maximum Gasteiger partial charge on any atom is 0.226 e. The van der Waals surface area contributed by atoms with Crippen LogP contribution in [0.25, 0.3) is 0 Å². The van der Waals surface area contributed by atoms with Crippen molar-refractivity contribution in [1.29, 1.82) is 0 Å². The van der Waals surface area contributed by atoms with E-state index in [1.54, 1.807) is 0 Å². The summed E-state index contributed by atoms with van der Waals surface area (Å²) in [7, 11) is 0. The summed E-state index contributed by atoms with van der Waals surface area (Å²) in [6.45, 7) is 1.35. The SMILES string of the molecule is CC(=O)NC[C@H](O)C1=CC(=O)C(=O)C=C1. The van der Waals surface area contributed by atoms with Gasteiger partial charge in [-0.25, -0.2) is 0 Å². The van der Waals surface area contributed by atoms with E-state index in [1.165, 1.54) is 13.0 Å². The van der Waals surface area contributed by atoms with E-state index in [4.69, 9.17) is 0 Å². The first-order chi connectivity index (χ1) is 7.00. The summed E-state index contributed by atoms with van der Waals surface area (Å²) in [6, 6.07) is 0. The minimum atomic E-state index is -0.970. The molecule has 1 rings (SSSR count). The Hall–Kier alpha value is -1.75. The second-order valence-corrected chi connectivity index (χ2v) is 3.16. The third kappa shape index (κ3) is 3.14. The van der Waals surface area contributed by atoms with Crippen LogP contribution in [0.3, 0.4) is 0 Å². The zero-order chi connectivity index (χ0) is 11.4. The molecule has 0 aromatic rings. The molecule has 0 aromatic heterocycles. The van der Waals surface area contributed by atoms with E-state index in [2.05, 4.69) is 5.32 Å². The first kappa shape index (κ1) is 11.3. The summed E-state index contributed by atoms with van der Waals surface area (Å²) in [5, 5.41) is 11.9. The Bertz CT molecular complexity index is 368. The van der Waals surface area contributed by atoms with Gasteiger partial charge in [0.25, 0.3) is 0 Å². The highest BCUT2D eigenvalue weighted by Gasteiger charge is 2.18. The number of carbonyl (C=O) groups excluding carboxylic acids is 3. The number of hydrogen-bond acceptors (Lipinski definition) is 4. The van der Waals surface area contributed by atoms with Crippen molar-refractivity contribution in [2.24, 2.45) is 0 Å². The lowest BCUT2D eigenvalue weighted by Gasteiger charge is -2.13. The summed E-state index contributed by atoms with van der Waals surface area (Å²) in [4.78, 5) is 32.3. The molecule has 0 spiro atoms. The summed E-state index contributed by atoms with van der Waals surface area (Å²) in [5.41, 5.74) is 0.327. The molecule has 0 bridgehead atoms. The van der Waals surface area contributed by atoms with Crippen LogP contribution in [0.2, 0.25) is 0 Å². The lowest BCUT2D eigenvalue weighted by molar-refractivity contribution is -0.131. The summed E-state index contributed by atoms with van der Waals surface area (Å²) < 4.78 is 0. The number of carbonyl (C=O) groups is 3. The number of hydrogen-bond donors (Lipinski definition) is 2. The van der Waals surface area contributed by atoms with Gasteiger partial charge < -0.3 is 10.4 Å². The molecule has 0 fully saturated rings. The lowest BCUT2D eigenvalue weighted by atomic mass is 10.0. The van der Waals surface area contributed by atoms with Gasteiger partial charge in [-0.2, -0.15) is 0 Å². The van der Waals surface area contributed by atoms with Gasteiger partial charge in [0.1, 0.15) is 0 Å². The predicted octanol–water partition coefficient (Wildman–Crippen LogP) is -0.882. The number of aliphatic hydroxyl groups excluding tert-OH is 1. The molecular formula is C10H11NO4. The van der Waals surface area contributed by atoms with Crippen LogP contribution in [-0.2, 0) is 14.4 Å². The molecule has 0 heterocycles. The number of amides is 1. The molecule has 0 aromatic carbocycles. The number of nitrogens with one attached hydrogen (secondary N) is 1. The van der Waals surface area contributed by atoms with Gasteiger partial charge in [0.05, 0.1) is 6.10 Å². The Balaban J connectivity index is 2.61. The minimum Gasteiger partial charge on any atom is -0.387 e. The molecule has 5 nitrogen and oxygen atoms in total. The average Bonchev–Trinajstić information content (AvgIpc) is 2.18. The molecule has 80 valence electrons. The van der Waals surface area contributed by atoms with Crippen molar-refractivity contribution in [1.82, 2.24) is 5.32 Å². The van der Waals surface area contributed by atoms with Gasteiger partial charge in [-0.15, -0.1) is 0 Å². The van der Waals surface area contributed by atoms with Crippen molar-refractivity contribution in [3.8, 4) is 0 Å². The van der Waals surface area contributed by atoms with Crippen LogP contribution in [0, 0.1) is 0 Å². The number of allylic oxidation sites excluding steroid dienone is 2. The highest BCUT2D eigenvalue weighted by Crippen LogP contribution is 2.09. The standard InChI is InChI=1S/C10H11NO4/c1-6(12)11-5-10(15)7-2-3-8(13)9(14)4-7/h2-4,10,15H,5H2,1H3,(H,11,12)/t10-/m0/s1. The molecule has 1 atom stereocenters. The monoisotopic (exact) mass is 209 g/mol. The second-order valence-electron chi connectivity index (χ2n) is 3.16. The molecule has 1 amide bonds. The fourth-order valence-electron chi connectivity index (χ4n) is 1.09. The van der Waals surface area contributed by atoms with Gasteiger partial charge in [0, 0.05) is 13.5 Å². The van der Waals surface area contributed by atoms with Crippen molar-refractivity contribution >= 4 is 17.5 Å². The van der Waals surface area contributed by atoms with Gasteiger partial charge in [-0.3, -0.25) is 14.4 Å². The third-order valence-electron chi connectivity index (χ3n) is 1.90. The Kier molecular flexibility index (Phi) is 3.51. The molecule has 0 unspecified atom stereocenters. The highest BCUT2D eigenvalue weighted by atomic mass is 16.3. The van der Waals surface area contributed by atoms with E-state index >= 15 is 0 Å². The molecule has 0 aliphatic heterocycles. The van der Waals surface area contributed by atoms with Crippen LogP contribution >= 0.6 is 0 Å². The average molecular weight is 209 g/mol. The van der Waals surface area contributed by atoms with Crippen molar-refractivity contribution in [2.75, 3.05) is 6.54 Å². The van der Waals surface area contributed by atoms with Gasteiger partial charge in [0.2, 0.25) is 17.5 Å². The fourth-order valence-corrected chi connectivity index (χ4v) is 1.09. The van der Waals surface area contributed by atoms with Crippen molar-refractivity contribution in [3.63, 3.8) is 0 Å². The Morgan fingerprint density at radius 3 is 2.60 bits per heavy atom. The highest BCUT2D eigenvalue weighted by molar-refractivity contribution is 6.46. The van der Waals surface area contributed by atoms with E-state index in [0.29, 0.717) is 5.57 Å². The topological polar surface area (TPSA) is 83.5 Å². The first-order valence-electron chi connectivity index (χ1n) is 4.41. The Morgan fingerprint density at radius 1 is 1.40 bits per heavy atom. The fraction of sp³-hybridized carbons (Fsp3) is 0.300. The van der Waals surface area contributed by atoms with E-state index in [-0.39, 0.29) is 12.5 Å². The van der Waals surface area contributed by atoms with Crippen LogP contribution in [0.5, 0.6) is 0 Å². The first-order valence-corrected chi connectivity index (χ1v) is 4.41. The zero-order valence-corrected chi connectivity index (χ0v) is 8.19. The lowest BCUT2D eigenvalue weighted by Crippen LogP contribution is -2.32. The van der Waals surface area contributed by atoms with Crippen molar-refractivity contribution in [3.05, 3.63) is 23.8 Å². The van der Waals surface area contributed by atoms with Crippen molar-refractivity contribution in [2.45, 2.75) is 13.0 Å². The van der Waals surface area contributed by atoms with E-state index < -0.39 is 17.7 Å². The largest absolute Gasteiger partial charge is 0.387 e. The summed E-state index contributed by atoms with van der Waals surface area (Å²) >= 11 is 0. The minimum absolute atomic E-state index is 0.0208. The Labute approximate surface area is 86.5 Å². The maximum absolute atomic E-state index is 11.0. The van der Waals surface area contributed by atoms with Crippen LogP contribution < -0.4 is 5.32 Å². The predicted molar refractivity (Wildman–Crippen MR) is 51.9 cm³/mol. The normalized spacial score (nSPS) is 17.3. The molecule has 1 aliphatic carbocycles. The summed E-state index contributed by atoms with van der Waals surface area (Å²) in [6.07, 6.45) is 2.59. The molecule has 0 saturated heterocycles. The van der Waals surface area contributed by atoms with Crippen LogP contribution in [-0.4, -0.2) is 35.2 Å². The number of aliphatic hydroxyl groups is 1. The third-order valence-corrected chi connectivity index (χ3v) is 1.90. The quantitative estimate of drug-likeness (QED) is 0.467. The van der Waals surface area contributed by atoms with E-state index in [9.17, 15) is 19.5 Å². The second kappa shape index (κ2) is 4.65. The van der Waals surface area contributed by atoms with Crippen LogP contribution in [0.15, 0.2) is 23.8 Å². The van der Waals surface area contributed by atoms with Gasteiger partial charge >= 0.3 is 0 Å². The Morgan fingerprint density at radius 2 is 2.07 bits per heavy atom. The van der Waals surface area contributed by atoms with Gasteiger partial charge in [-0.05, 0) is 17.7 Å². The molecule has 0 saturated carbocycles. The van der Waals surface area contributed by atoms with Crippen molar-refractivity contribution < 1.29 is 19.5 Å². The zero-order valence-electron chi connectivity index (χ0n) is 8.19. The maximum atomic E-state index is 11.0. The molecule has 5 heteroatoms. The van der Waals surface area contributed by atoms with Crippen LogP contribution in [0.4, 0.5) is 0 Å².